The Morgan fingerprint density at radius 3 is 2.29 bits per heavy atom. The Kier molecular flexibility index (Phi) is 5.02. The summed E-state index contributed by atoms with van der Waals surface area (Å²) in [6.07, 6.45) is 0.958. The summed E-state index contributed by atoms with van der Waals surface area (Å²) >= 11 is 0. The van der Waals surface area contributed by atoms with Crippen LogP contribution in [0.25, 0.3) is 0 Å². The molecule has 120 valence electrons. The minimum absolute atomic E-state index is 0.192. The van der Waals surface area contributed by atoms with Crippen LogP contribution in [-0.4, -0.2) is 46.9 Å². The molecule has 6 nitrogen and oxygen atoms in total. The molecule has 0 radical (unpaired) electrons. The fourth-order valence-electron chi connectivity index (χ4n) is 2.42. The number of carboxylic acids is 1. The molecule has 1 saturated heterocycles. The third-order valence-electron chi connectivity index (χ3n) is 4.20. The first kappa shape index (κ1) is 17.5. The molecule has 0 spiro atoms. The van der Waals surface area contributed by atoms with Gasteiger partial charge in [0.25, 0.3) is 0 Å². The molecule has 0 aromatic heterocycles. The van der Waals surface area contributed by atoms with E-state index < -0.39 is 22.8 Å². The highest BCUT2D eigenvalue weighted by molar-refractivity contribution is 5.90. The summed E-state index contributed by atoms with van der Waals surface area (Å²) in [6, 6.07) is -0.641. The Morgan fingerprint density at radius 2 is 1.90 bits per heavy atom. The van der Waals surface area contributed by atoms with Crippen LogP contribution in [0.5, 0.6) is 0 Å². The van der Waals surface area contributed by atoms with Crippen molar-refractivity contribution in [1.82, 2.24) is 10.2 Å². The van der Waals surface area contributed by atoms with Crippen LogP contribution in [0.1, 0.15) is 47.5 Å². The van der Waals surface area contributed by atoms with Crippen molar-refractivity contribution in [2.75, 3.05) is 13.1 Å². The van der Waals surface area contributed by atoms with Crippen molar-refractivity contribution in [3.63, 3.8) is 0 Å². The molecule has 2 amide bonds. The van der Waals surface area contributed by atoms with Gasteiger partial charge < -0.3 is 15.3 Å². The van der Waals surface area contributed by atoms with Crippen LogP contribution in [0, 0.1) is 10.8 Å². The lowest BCUT2D eigenvalue weighted by molar-refractivity contribution is -0.149. The first-order chi connectivity index (χ1) is 9.53. The normalized spacial score (nSPS) is 23.8. The summed E-state index contributed by atoms with van der Waals surface area (Å²) < 4.78 is 0. The predicted octanol–water partition coefficient (Wildman–Crippen LogP) is 1.25. The van der Waals surface area contributed by atoms with E-state index in [9.17, 15) is 19.5 Å². The molecule has 0 aromatic rings. The van der Waals surface area contributed by atoms with Crippen LogP contribution in [0.3, 0.4) is 0 Å². The zero-order valence-electron chi connectivity index (χ0n) is 13.5. The number of likely N-dealkylation sites (tertiary alicyclic amines) is 1. The average molecular weight is 298 g/mol. The molecule has 1 aliphatic rings. The molecular formula is C15H26N2O4. The van der Waals surface area contributed by atoms with Crippen molar-refractivity contribution >= 4 is 17.8 Å². The highest BCUT2D eigenvalue weighted by Gasteiger charge is 2.45. The summed E-state index contributed by atoms with van der Waals surface area (Å²) in [5.41, 5.74) is -1.41. The lowest BCUT2D eigenvalue weighted by atomic mass is 9.84. The van der Waals surface area contributed by atoms with Gasteiger partial charge in [-0.1, -0.05) is 27.7 Å². The molecule has 0 saturated carbocycles. The first-order valence-corrected chi connectivity index (χ1v) is 7.36. The number of carbonyl (C=O) groups excluding carboxylic acids is 2. The summed E-state index contributed by atoms with van der Waals surface area (Å²) in [4.78, 5) is 37.2. The van der Waals surface area contributed by atoms with Crippen molar-refractivity contribution in [2.45, 2.75) is 53.5 Å². The van der Waals surface area contributed by atoms with Gasteiger partial charge in [0.15, 0.2) is 0 Å². The molecule has 0 aliphatic carbocycles. The lowest BCUT2D eigenvalue weighted by Gasteiger charge is -2.27. The van der Waals surface area contributed by atoms with Crippen molar-refractivity contribution < 1.29 is 19.5 Å². The molecule has 2 N–H and O–H groups in total. The van der Waals surface area contributed by atoms with E-state index in [1.807, 2.05) is 6.92 Å². The molecule has 1 aliphatic heterocycles. The molecule has 21 heavy (non-hydrogen) atoms. The number of rotatable bonds is 4. The van der Waals surface area contributed by atoms with E-state index in [0.717, 1.165) is 0 Å². The van der Waals surface area contributed by atoms with E-state index in [1.165, 1.54) is 0 Å². The standard InChI is InChI=1S/C15H26N2O4/c1-6-15(13(20)21)7-8-17(9-15)11(18)10(2)16-12(19)14(3,4)5/h10H,6-9H2,1-5H3,(H,16,19)(H,20,21). The second kappa shape index (κ2) is 6.03. The number of amides is 2. The van der Waals surface area contributed by atoms with E-state index in [4.69, 9.17) is 0 Å². The van der Waals surface area contributed by atoms with Crippen molar-refractivity contribution in [2.24, 2.45) is 10.8 Å². The fraction of sp³-hybridized carbons (Fsp3) is 0.800. The number of carbonyl (C=O) groups is 3. The summed E-state index contributed by atoms with van der Waals surface area (Å²) in [7, 11) is 0. The molecule has 6 heteroatoms. The van der Waals surface area contributed by atoms with Crippen LogP contribution in [0.2, 0.25) is 0 Å². The number of hydrogen-bond acceptors (Lipinski definition) is 3. The van der Waals surface area contributed by atoms with Crippen molar-refractivity contribution in [3.05, 3.63) is 0 Å². The topological polar surface area (TPSA) is 86.7 Å². The van der Waals surface area contributed by atoms with Gasteiger partial charge in [0.1, 0.15) is 6.04 Å². The van der Waals surface area contributed by atoms with E-state index in [0.29, 0.717) is 19.4 Å². The van der Waals surface area contributed by atoms with Crippen LogP contribution < -0.4 is 5.32 Å². The molecule has 0 aromatic carbocycles. The number of hydrogen-bond donors (Lipinski definition) is 2. The largest absolute Gasteiger partial charge is 0.481 e. The Bertz CT molecular complexity index is 441. The number of aliphatic carboxylic acids is 1. The predicted molar refractivity (Wildman–Crippen MR) is 78.6 cm³/mol. The second-order valence-electron chi connectivity index (χ2n) is 6.89. The van der Waals surface area contributed by atoms with Crippen LogP contribution in [0.15, 0.2) is 0 Å². The van der Waals surface area contributed by atoms with Gasteiger partial charge in [-0.05, 0) is 19.8 Å². The number of carboxylic acid groups (broad SMARTS) is 1. The number of nitrogens with one attached hydrogen (secondary N) is 1. The molecular weight excluding hydrogens is 272 g/mol. The summed E-state index contributed by atoms with van der Waals surface area (Å²) in [5, 5.41) is 12.0. The maximum absolute atomic E-state index is 12.4. The van der Waals surface area contributed by atoms with Crippen LogP contribution in [-0.2, 0) is 14.4 Å². The first-order valence-electron chi connectivity index (χ1n) is 7.36. The molecule has 1 rings (SSSR count). The van der Waals surface area contributed by atoms with Crippen LogP contribution in [0.4, 0.5) is 0 Å². The monoisotopic (exact) mass is 298 g/mol. The molecule has 0 bridgehead atoms. The fourth-order valence-corrected chi connectivity index (χ4v) is 2.42. The Balaban J connectivity index is 2.69. The highest BCUT2D eigenvalue weighted by Crippen LogP contribution is 2.34. The lowest BCUT2D eigenvalue weighted by Crippen LogP contribution is -2.49. The van der Waals surface area contributed by atoms with Gasteiger partial charge in [0, 0.05) is 18.5 Å². The maximum atomic E-state index is 12.4. The quantitative estimate of drug-likeness (QED) is 0.818. The summed E-state index contributed by atoms with van der Waals surface area (Å²) in [5.74, 6) is -1.27. The minimum atomic E-state index is -0.855. The van der Waals surface area contributed by atoms with Gasteiger partial charge >= 0.3 is 5.97 Å². The Hall–Kier alpha value is -1.59. The van der Waals surface area contributed by atoms with Gasteiger partial charge in [-0.3, -0.25) is 14.4 Å². The molecule has 2 atom stereocenters. The minimum Gasteiger partial charge on any atom is -0.481 e. The van der Waals surface area contributed by atoms with Crippen molar-refractivity contribution in [3.8, 4) is 0 Å². The number of nitrogens with zero attached hydrogens (tertiary/aromatic N) is 1. The average Bonchev–Trinajstić information content (AvgIpc) is 2.82. The van der Waals surface area contributed by atoms with Crippen molar-refractivity contribution in [1.29, 1.82) is 0 Å². The van der Waals surface area contributed by atoms with Gasteiger partial charge in [-0.15, -0.1) is 0 Å². The van der Waals surface area contributed by atoms with Crippen LogP contribution >= 0.6 is 0 Å². The molecule has 1 heterocycles. The van der Waals surface area contributed by atoms with Gasteiger partial charge in [0.2, 0.25) is 11.8 Å². The van der Waals surface area contributed by atoms with Gasteiger partial charge in [0.05, 0.1) is 5.41 Å². The third-order valence-corrected chi connectivity index (χ3v) is 4.20. The molecule has 1 fully saturated rings. The highest BCUT2D eigenvalue weighted by atomic mass is 16.4. The van der Waals surface area contributed by atoms with Gasteiger partial charge in [-0.25, -0.2) is 0 Å². The van der Waals surface area contributed by atoms with E-state index >= 15 is 0 Å². The smallest absolute Gasteiger partial charge is 0.311 e. The molecule has 2 unspecified atom stereocenters. The van der Waals surface area contributed by atoms with E-state index in [1.54, 1.807) is 32.6 Å². The summed E-state index contributed by atoms with van der Waals surface area (Å²) in [6.45, 7) is 9.44. The van der Waals surface area contributed by atoms with Gasteiger partial charge in [-0.2, -0.15) is 0 Å². The maximum Gasteiger partial charge on any atom is 0.311 e. The zero-order chi connectivity index (χ0) is 16.4. The second-order valence-corrected chi connectivity index (χ2v) is 6.89. The SMILES string of the molecule is CCC1(C(=O)O)CCN(C(=O)C(C)NC(=O)C(C)(C)C)C1. The zero-order valence-corrected chi connectivity index (χ0v) is 13.5. The van der Waals surface area contributed by atoms with E-state index in [2.05, 4.69) is 5.32 Å². The Labute approximate surface area is 125 Å². The Morgan fingerprint density at radius 1 is 1.33 bits per heavy atom. The van der Waals surface area contributed by atoms with E-state index in [-0.39, 0.29) is 18.4 Å². The third kappa shape index (κ3) is 3.74.